The molecule has 4 nitrogen and oxygen atoms in total. The maximum absolute atomic E-state index is 14.3. The minimum Gasteiger partial charge on any atom is -0.382 e. The highest BCUT2D eigenvalue weighted by Gasteiger charge is 2.19. The van der Waals surface area contributed by atoms with Gasteiger partial charge < -0.3 is 5.73 Å². The molecule has 21 heavy (non-hydrogen) atoms. The molecule has 0 saturated carbocycles. The minimum absolute atomic E-state index is 0.0430. The van der Waals surface area contributed by atoms with E-state index in [1.807, 2.05) is 13.0 Å². The Bertz CT molecular complexity index is 813. The lowest BCUT2D eigenvalue weighted by Crippen LogP contribution is -1.92. The van der Waals surface area contributed by atoms with Gasteiger partial charge in [-0.25, -0.2) is 4.39 Å². The summed E-state index contributed by atoms with van der Waals surface area (Å²) in [6, 6.07) is 6.71. The maximum atomic E-state index is 14.3. The third-order valence-electron chi connectivity index (χ3n) is 3.18. The second-order valence-electron chi connectivity index (χ2n) is 4.71. The number of aryl methyl sites for hydroxylation is 1. The zero-order chi connectivity index (χ0) is 15.0. The summed E-state index contributed by atoms with van der Waals surface area (Å²) in [4.78, 5) is 4.14. The lowest BCUT2D eigenvalue weighted by molar-refractivity contribution is 0.632. The molecule has 0 atom stereocenters. The predicted octanol–water partition coefficient (Wildman–Crippen LogP) is 3.82. The van der Waals surface area contributed by atoms with E-state index in [9.17, 15) is 4.39 Å². The van der Waals surface area contributed by atoms with Gasteiger partial charge in [-0.1, -0.05) is 23.7 Å². The number of nitrogens with one attached hydrogen (secondary N) is 1. The Morgan fingerprint density at radius 2 is 2.10 bits per heavy atom. The van der Waals surface area contributed by atoms with Crippen LogP contribution in [0.1, 0.15) is 5.56 Å². The number of benzene rings is 1. The van der Waals surface area contributed by atoms with E-state index >= 15 is 0 Å². The Morgan fingerprint density at radius 1 is 1.29 bits per heavy atom. The largest absolute Gasteiger partial charge is 0.382 e. The molecule has 0 fully saturated rings. The Labute approximate surface area is 125 Å². The Kier molecular flexibility index (Phi) is 3.35. The van der Waals surface area contributed by atoms with E-state index in [4.69, 9.17) is 17.3 Å². The van der Waals surface area contributed by atoms with Gasteiger partial charge in [0.1, 0.15) is 5.82 Å². The van der Waals surface area contributed by atoms with Crippen LogP contribution in [0.5, 0.6) is 0 Å². The molecule has 0 radical (unpaired) electrons. The van der Waals surface area contributed by atoms with Crippen molar-refractivity contribution in [1.82, 2.24) is 15.2 Å². The molecule has 0 unspecified atom stereocenters. The molecule has 0 spiro atoms. The van der Waals surface area contributed by atoms with Gasteiger partial charge in [0, 0.05) is 23.5 Å². The third kappa shape index (κ3) is 2.36. The minimum atomic E-state index is -0.519. The van der Waals surface area contributed by atoms with E-state index in [1.165, 1.54) is 6.07 Å². The Morgan fingerprint density at radius 3 is 2.86 bits per heavy atom. The SMILES string of the molecule is Cc1cncc(-c2[nH]nc(N)c2-c2cccc(Cl)c2F)c1. The van der Waals surface area contributed by atoms with Gasteiger partial charge in [0.05, 0.1) is 16.3 Å². The van der Waals surface area contributed by atoms with Gasteiger partial charge in [-0.2, -0.15) is 5.10 Å². The zero-order valence-corrected chi connectivity index (χ0v) is 11.9. The van der Waals surface area contributed by atoms with Crippen LogP contribution in [0.3, 0.4) is 0 Å². The molecule has 0 aliphatic rings. The fourth-order valence-corrected chi connectivity index (χ4v) is 2.40. The van der Waals surface area contributed by atoms with Crippen LogP contribution in [0.15, 0.2) is 36.7 Å². The molecule has 106 valence electrons. The molecule has 2 heterocycles. The standard InChI is InChI=1S/C15H12ClFN4/c1-8-5-9(7-19-6-8)14-12(15(18)21-20-14)10-3-2-4-11(16)13(10)17/h2-7H,1H3,(H3,18,20,21). The first-order chi connectivity index (χ1) is 10.1. The van der Waals surface area contributed by atoms with Crippen molar-refractivity contribution in [2.75, 3.05) is 5.73 Å². The highest BCUT2D eigenvalue weighted by Crippen LogP contribution is 2.37. The number of nitrogens with two attached hydrogens (primary N) is 1. The third-order valence-corrected chi connectivity index (χ3v) is 3.47. The van der Waals surface area contributed by atoms with Crippen LogP contribution in [0.4, 0.5) is 10.2 Å². The van der Waals surface area contributed by atoms with Crippen LogP contribution < -0.4 is 5.73 Å². The number of hydrogen-bond donors (Lipinski definition) is 2. The van der Waals surface area contributed by atoms with Crippen molar-refractivity contribution >= 4 is 17.4 Å². The molecular weight excluding hydrogens is 291 g/mol. The van der Waals surface area contributed by atoms with Crippen molar-refractivity contribution < 1.29 is 4.39 Å². The summed E-state index contributed by atoms with van der Waals surface area (Å²) in [5.74, 6) is -0.304. The number of aromatic nitrogens is 3. The molecule has 0 saturated heterocycles. The van der Waals surface area contributed by atoms with E-state index in [-0.39, 0.29) is 10.8 Å². The topological polar surface area (TPSA) is 67.6 Å². The average Bonchev–Trinajstić information content (AvgIpc) is 2.84. The van der Waals surface area contributed by atoms with Crippen LogP contribution in [0.2, 0.25) is 5.02 Å². The van der Waals surface area contributed by atoms with E-state index in [2.05, 4.69) is 15.2 Å². The van der Waals surface area contributed by atoms with E-state index in [0.29, 0.717) is 16.8 Å². The van der Waals surface area contributed by atoms with Gasteiger partial charge in [0.2, 0.25) is 0 Å². The second-order valence-corrected chi connectivity index (χ2v) is 5.12. The lowest BCUT2D eigenvalue weighted by Gasteiger charge is -2.07. The summed E-state index contributed by atoms with van der Waals surface area (Å²) in [6.45, 7) is 1.93. The van der Waals surface area contributed by atoms with Crippen molar-refractivity contribution in [1.29, 1.82) is 0 Å². The fourth-order valence-electron chi connectivity index (χ4n) is 2.23. The summed E-state index contributed by atoms with van der Waals surface area (Å²) in [7, 11) is 0. The van der Waals surface area contributed by atoms with E-state index in [1.54, 1.807) is 24.5 Å². The number of aromatic amines is 1. The molecule has 3 aromatic rings. The highest BCUT2D eigenvalue weighted by molar-refractivity contribution is 6.31. The van der Waals surface area contributed by atoms with Crippen molar-refractivity contribution in [3.8, 4) is 22.4 Å². The quantitative estimate of drug-likeness (QED) is 0.756. The predicted molar refractivity (Wildman–Crippen MR) is 81.4 cm³/mol. The van der Waals surface area contributed by atoms with Gasteiger partial charge in [0.15, 0.2) is 5.82 Å². The number of nitrogen functional groups attached to an aromatic ring is 1. The summed E-state index contributed by atoms with van der Waals surface area (Å²) in [5, 5.41) is 6.87. The molecule has 6 heteroatoms. The molecule has 2 aromatic heterocycles. The highest BCUT2D eigenvalue weighted by atomic mass is 35.5. The van der Waals surface area contributed by atoms with Crippen LogP contribution in [-0.4, -0.2) is 15.2 Å². The van der Waals surface area contributed by atoms with Crippen LogP contribution in [-0.2, 0) is 0 Å². The monoisotopic (exact) mass is 302 g/mol. The molecule has 3 N–H and O–H groups in total. The molecule has 0 aliphatic carbocycles. The number of pyridine rings is 1. The summed E-state index contributed by atoms with van der Waals surface area (Å²) >= 11 is 5.85. The van der Waals surface area contributed by atoms with Crippen LogP contribution in [0, 0.1) is 12.7 Å². The number of H-pyrrole nitrogens is 1. The number of anilines is 1. The summed E-state index contributed by atoms with van der Waals surface area (Å²) < 4.78 is 14.3. The molecule has 3 rings (SSSR count). The van der Waals surface area contributed by atoms with Crippen LogP contribution in [0.25, 0.3) is 22.4 Å². The normalized spacial score (nSPS) is 10.8. The number of halogens is 2. The Hall–Kier alpha value is -2.40. The second kappa shape index (κ2) is 5.18. The average molecular weight is 303 g/mol. The smallest absolute Gasteiger partial charge is 0.153 e. The number of nitrogens with zero attached hydrogens (tertiary/aromatic N) is 2. The first-order valence-electron chi connectivity index (χ1n) is 6.28. The number of hydrogen-bond acceptors (Lipinski definition) is 3. The first-order valence-corrected chi connectivity index (χ1v) is 6.66. The van der Waals surface area contributed by atoms with E-state index in [0.717, 1.165) is 11.1 Å². The molecule has 1 aromatic carbocycles. The first kappa shape index (κ1) is 13.6. The molecule has 0 amide bonds. The molecular formula is C15H12ClFN4. The van der Waals surface area contributed by atoms with Crippen molar-refractivity contribution in [2.45, 2.75) is 6.92 Å². The zero-order valence-electron chi connectivity index (χ0n) is 11.2. The van der Waals surface area contributed by atoms with Crippen molar-refractivity contribution in [3.05, 3.63) is 53.1 Å². The van der Waals surface area contributed by atoms with Crippen molar-refractivity contribution in [2.24, 2.45) is 0 Å². The van der Waals surface area contributed by atoms with Gasteiger partial charge >= 0.3 is 0 Å². The van der Waals surface area contributed by atoms with Crippen LogP contribution >= 0.6 is 11.6 Å². The van der Waals surface area contributed by atoms with E-state index < -0.39 is 5.82 Å². The fraction of sp³-hybridized carbons (Fsp3) is 0.0667. The summed E-state index contributed by atoms with van der Waals surface area (Å²) in [6.07, 6.45) is 3.41. The van der Waals surface area contributed by atoms with Gasteiger partial charge in [-0.15, -0.1) is 0 Å². The molecule has 0 bridgehead atoms. The van der Waals surface area contributed by atoms with Gasteiger partial charge in [-0.05, 0) is 24.6 Å². The maximum Gasteiger partial charge on any atom is 0.153 e. The summed E-state index contributed by atoms with van der Waals surface area (Å²) in [5.41, 5.74) is 9.08. The Balaban J connectivity index is 2.25. The number of rotatable bonds is 2. The molecule has 0 aliphatic heterocycles. The van der Waals surface area contributed by atoms with Crippen molar-refractivity contribution in [3.63, 3.8) is 0 Å². The van der Waals surface area contributed by atoms with Gasteiger partial charge in [-0.3, -0.25) is 10.1 Å². The van der Waals surface area contributed by atoms with Gasteiger partial charge in [0.25, 0.3) is 0 Å². The lowest BCUT2D eigenvalue weighted by atomic mass is 10.0.